The molecule has 7 atom stereocenters. The summed E-state index contributed by atoms with van der Waals surface area (Å²) in [6.45, 7) is -1.72. The fourth-order valence-electron chi connectivity index (χ4n) is 5.31. The van der Waals surface area contributed by atoms with E-state index in [4.69, 9.17) is 28.1 Å². The molecule has 6 rings (SSSR count). The third kappa shape index (κ3) is 7.22. The first-order chi connectivity index (χ1) is 23.8. The van der Waals surface area contributed by atoms with Gasteiger partial charge in [0.05, 0.1) is 18.8 Å². The van der Waals surface area contributed by atoms with Crippen LogP contribution in [0.5, 0.6) is 28.7 Å². The number of esters is 1. The molecule has 0 saturated carbocycles. The van der Waals surface area contributed by atoms with E-state index in [2.05, 4.69) is 0 Å². The molecule has 0 spiro atoms. The number of hydrogen-bond donors (Lipinski definition) is 8. The first-order valence-electron chi connectivity index (χ1n) is 15.1. The SMILES string of the molecule is O=C(C=Cc1ccc(O)cc1)OC[C@@]1(O)CO[C@@H](O[C@H]2[C@H](Oc3cc4c(O)cc(=O)cc-4oc3-c3ccc(O)c(O)c3)OC[C@@H](O)[C@@H]2O)[C@@H]1O. The normalized spacial score (nSPS) is 26.7. The van der Waals surface area contributed by atoms with Gasteiger partial charge in [-0.1, -0.05) is 12.1 Å². The van der Waals surface area contributed by atoms with Gasteiger partial charge in [0.2, 0.25) is 6.29 Å². The maximum absolute atomic E-state index is 12.3. The maximum atomic E-state index is 12.3. The summed E-state index contributed by atoms with van der Waals surface area (Å²) >= 11 is 0. The van der Waals surface area contributed by atoms with Gasteiger partial charge in [0.1, 0.15) is 42.2 Å². The molecular formula is C34H32O16. The van der Waals surface area contributed by atoms with Crippen LogP contribution in [0.15, 0.2) is 76.0 Å². The quantitative estimate of drug-likeness (QED) is 0.0683. The number of carbonyl (C=O) groups excluding carboxylic acids is 1. The maximum Gasteiger partial charge on any atom is 0.330 e. The average Bonchev–Trinajstić information content (AvgIpc) is 3.36. The Bertz CT molecular complexity index is 1900. The number of hydrogen-bond acceptors (Lipinski definition) is 16. The lowest BCUT2D eigenvalue weighted by atomic mass is 10.0. The van der Waals surface area contributed by atoms with Crippen LogP contribution in [0.1, 0.15) is 5.56 Å². The Morgan fingerprint density at radius 3 is 2.40 bits per heavy atom. The molecule has 16 nitrogen and oxygen atoms in total. The molecule has 2 aromatic carbocycles. The van der Waals surface area contributed by atoms with Gasteiger partial charge in [-0.05, 0) is 48.0 Å². The smallest absolute Gasteiger partial charge is 0.330 e. The summed E-state index contributed by atoms with van der Waals surface area (Å²) in [7, 11) is 0. The molecule has 2 fully saturated rings. The molecule has 3 aliphatic heterocycles. The lowest BCUT2D eigenvalue weighted by Gasteiger charge is -2.39. The number of phenols is 4. The Morgan fingerprint density at radius 2 is 1.66 bits per heavy atom. The van der Waals surface area contributed by atoms with Crippen LogP contribution in [-0.4, -0.2) is 109 Å². The summed E-state index contributed by atoms with van der Waals surface area (Å²) in [6.07, 6.45) is -7.37. The van der Waals surface area contributed by atoms with Gasteiger partial charge in [-0.25, -0.2) is 4.79 Å². The molecule has 4 aliphatic rings. The van der Waals surface area contributed by atoms with Crippen LogP contribution < -0.4 is 10.2 Å². The highest BCUT2D eigenvalue weighted by Gasteiger charge is 2.53. The molecule has 3 heterocycles. The molecular weight excluding hydrogens is 664 g/mol. The second kappa shape index (κ2) is 14.0. The third-order valence-electron chi connectivity index (χ3n) is 8.08. The average molecular weight is 697 g/mol. The molecule has 8 N–H and O–H groups in total. The van der Waals surface area contributed by atoms with Gasteiger partial charge >= 0.3 is 5.97 Å². The lowest BCUT2D eigenvalue weighted by Crippen LogP contribution is -2.58. The van der Waals surface area contributed by atoms with Gasteiger partial charge in [-0.2, -0.15) is 0 Å². The van der Waals surface area contributed by atoms with Crippen molar-refractivity contribution in [3.8, 4) is 51.4 Å². The summed E-state index contributed by atoms with van der Waals surface area (Å²) in [6, 6.07) is 13.0. The fraction of sp³-hybridized carbons (Fsp3) is 0.294. The zero-order chi connectivity index (χ0) is 35.7. The number of fused-ring (bicyclic) bond motifs is 1. The minimum Gasteiger partial charge on any atom is -0.508 e. The van der Waals surface area contributed by atoms with Gasteiger partial charge in [0.25, 0.3) is 0 Å². The van der Waals surface area contributed by atoms with E-state index in [1.165, 1.54) is 36.4 Å². The van der Waals surface area contributed by atoms with Crippen LogP contribution in [0.3, 0.4) is 0 Å². The van der Waals surface area contributed by atoms with Gasteiger partial charge < -0.3 is 69.0 Å². The Labute approximate surface area is 282 Å². The van der Waals surface area contributed by atoms with Crippen molar-refractivity contribution in [2.45, 2.75) is 42.6 Å². The van der Waals surface area contributed by atoms with Crippen molar-refractivity contribution in [2.24, 2.45) is 0 Å². The van der Waals surface area contributed by atoms with E-state index in [-0.39, 0.29) is 34.1 Å². The van der Waals surface area contributed by atoms with Gasteiger partial charge in [-0.3, -0.25) is 4.79 Å². The van der Waals surface area contributed by atoms with E-state index in [1.807, 2.05) is 0 Å². The fourth-order valence-corrected chi connectivity index (χ4v) is 5.31. The van der Waals surface area contributed by atoms with Crippen LogP contribution >= 0.6 is 0 Å². The number of aliphatic hydroxyl groups is 4. The molecule has 2 aromatic rings. The molecule has 0 unspecified atom stereocenters. The number of ether oxygens (including phenoxy) is 5. The summed E-state index contributed by atoms with van der Waals surface area (Å²) in [5.41, 5.74) is -1.95. The Morgan fingerprint density at radius 1 is 0.900 bits per heavy atom. The van der Waals surface area contributed by atoms with Crippen molar-refractivity contribution in [3.63, 3.8) is 0 Å². The molecule has 0 bridgehead atoms. The molecule has 16 heteroatoms. The number of aliphatic hydroxyl groups excluding tert-OH is 3. The minimum atomic E-state index is -2.15. The number of aromatic hydroxyl groups is 4. The topological polar surface area (TPSA) is 255 Å². The van der Waals surface area contributed by atoms with Crippen molar-refractivity contribution in [2.75, 3.05) is 19.8 Å². The van der Waals surface area contributed by atoms with Crippen molar-refractivity contribution in [1.82, 2.24) is 0 Å². The highest BCUT2D eigenvalue weighted by Crippen LogP contribution is 2.43. The number of rotatable bonds is 9. The van der Waals surface area contributed by atoms with Crippen LogP contribution in [0.25, 0.3) is 28.7 Å². The highest BCUT2D eigenvalue weighted by atomic mass is 16.8. The Balaban J connectivity index is 1.21. The molecule has 50 heavy (non-hydrogen) atoms. The molecule has 0 aromatic heterocycles. The number of carbonyl (C=O) groups is 1. The molecule has 0 radical (unpaired) electrons. The van der Waals surface area contributed by atoms with E-state index in [0.717, 1.165) is 24.3 Å². The number of benzene rings is 3. The predicted molar refractivity (Wildman–Crippen MR) is 168 cm³/mol. The Hall–Kier alpha value is -5.20. The molecule has 1 aliphatic carbocycles. The number of phenolic OH excluding ortho intramolecular Hbond substituents is 4. The minimum absolute atomic E-state index is 0.0345. The lowest BCUT2D eigenvalue weighted by molar-refractivity contribution is -0.297. The van der Waals surface area contributed by atoms with Crippen LogP contribution in [0.4, 0.5) is 0 Å². The van der Waals surface area contributed by atoms with E-state index < -0.39 is 91.1 Å². The molecule has 264 valence electrons. The van der Waals surface area contributed by atoms with E-state index in [1.54, 1.807) is 12.1 Å². The first kappa shape index (κ1) is 34.7. The molecule has 2 saturated heterocycles. The summed E-state index contributed by atoms with van der Waals surface area (Å²) in [4.78, 5) is 24.4. The highest BCUT2D eigenvalue weighted by molar-refractivity contribution is 5.87. The second-order valence-corrected chi connectivity index (χ2v) is 11.7. The zero-order valence-corrected chi connectivity index (χ0v) is 25.9. The standard InChI is InChI=1S/C34H32O16/c35-18-5-1-16(2-6-18)3-8-27(41)46-14-34(44)15-47-33(31(34)43)50-30-28(42)24(40)13-45-32(30)49-26-12-20-22(38)10-19(36)11-25(20)48-29(26)17-4-7-21(37)23(39)9-17/h1-12,24,28,30-33,35,37-40,42-44H,13-15H2/t24-,28+,30-,31+,32+,33+,34-/m1/s1. The third-order valence-corrected chi connectivity index (χ3v) is 8.08. The van der Waals surface area contributed by atoms with Crippen LogP contribution in [0.2, 0.25) is 0 Å². The van der Waals surface area contributed by atoms with E-state index >= 15 is 0 Å². The van der Waals surface area contributed by atoms with Crippen LogP contribution in [0, 0.1) is 0 Å². The van der Waals surface area contributed by atoms with E-state index in [0.29, 0.717) is 5.56 Å². The largest absolute Gasteiger partial charge is 0.508 e. The van der Waals surface area contributed by atoms with Gasteiger partial charge in [-0.15, -0.1) is 0 Å². The predicted octanol–water partition coefficient (Wildman–Crippen LogP) is 0.781. The first-order valence-corrected chi connectivity index (χ1v) is 15.1. The molecule has 0 amide bonds. The Kier molecular flexibility index (Phi) is 9.68. The summed E-state index contributed by atoms with van der Waals surface area (Å²) in [5.74, 6) is -2.56. The second-order valence-electron chi connectivity index (χ2n) is 11.7. The van der Waals surface area contributed by atoms with Crippen molar-refractivity contribution >= 4 is 12.0 Å². The van der Waals surface area contributed by atoms with Crippen LogP contribution in [-0.2, 0) is 23.7 Å². The zero-order valence-electron chi connectivity index (χ0n) is 25.9. The van der Waals surface area contributed by atoms with Gasteiger partial charge in [0, 0.05) is 23.8 Å². The van der Waals surface area contributed by atoms with Crippen molar-refractivity contribution < 1.29 is 73.7 Å². The van der Waals surface area contributed by atoms with Crippen molar-refractivity contribution in [3.05, 3.63) is 82.5 Å². The van der Waals surface area contributed by atoms with Gasteiger partial charge in [0.15, 0.2) is 46.4 Å². The summed E-state index contributed by atoms with van der Waals surface area (Å²) < 4.78 is 33.9. The monoisotopic (exact) mass is 696 g/mol. The van der Waals surface area contributed by atoms with E-state index in [9.17, 15) is 50.4 Å². The summed E-state index contributed by atoms with van der Waals surface area (Å²) in [5, 5.41) is 83.1. The van der Waals surface area contributed by atoms with Crippen molar-refractivity contribution in [1.29, 1.82) is 0 Å².